The van der Waals surface area contributed by atoms with Crippen molar-refractivity contribution in [2.24, 2.45) is 0 Å². The number of carbonyl (C=O) groups is 3. The lowest BCUT2D eigenvalue weighted by Gasteiger charge is -2.24. The summed E-state index contributed by atoms with van der Waals surface area (Å²) in [6.45, 7) is 0.970. The predicted octanol–water partition coefficient (Wildman–Crippen LogP) is 1.74. The predicted molar refractivity (Wildman–Crippen MR) is 105 cm³/mol. The van der Waals surface area contributed by atoms with E-state index in [-0.39, 0.29) is 13.3 Å². The van der Waals surface area contributed by atoms with Crippen LogP contribution in [-0.4, -0.2) is 42.6 Å². The number of hydrogen-bond donors (Lipinski definition) is 1. The fourth-order valence-corrected chi connectivity index (χ4v) is 3.47. The second-order valence-electron chi connectivity index (χ2n) is 6.99. The molecule has 2 aliphatic rings. The average molecular weight is 406 g/mol. The number of anilines is 1. The van der Waals surface area contributed by atoms with Gasteiger partial charge >= 0.3 is 6.03 Å². The molecule has 2 aliphatic heterocycles. The first-order valence-electron chi connectivity index (χ1n) is 9.20. The van der Waals surface area contributed by atoms with E-state index in [1.165, 1.54) is 4.90 Å². The van der Waals surface area contributed by atoms with Crippen molar-refractivity contribution in [3.05, 3.63) is 54.1 Å². The van der Waals surface area contributed by atoms with Gasteiger partial charge in [-0.25, -0.2) is 4.79 Å². The number of nitrogens with one attached hydrogen (secondary N) is 1. The first-order chi connectivity index (χ1) is 14.4. The fourth-order valence-electron chi connectivity index (χ4n) is 3.47. The van der Waals surface area contributed by atoms with Crippen LogP contribution in [0.2, 0.25) is 0 Å². The smallest absolute Gasteiger partial charge is 0.325 e. The van der Waals surface area contributed by atoms with Crippen molar-refractivity contribution in [1.82, 2.24) is 10.2 Å². The number of urea groups is 1. The summed E-state index contributed by atoms with van der Waals surface area (Å²) in [5.41, 5.74) is -0.336. The van der Waals surface area contributed by atoms with E-state index in [9.17, 15) is 14.4 Å². The Kier molecular flexibility index (Phi) is 4.75. The van der Waals surface area contributed by atoms with E-state index in [1.54, 1.807) is 55.5 Å². The molecule has 1 saturated heterocycles. The molecule has 4 rings (SSSR count). The van der Waals surface area contributed by atoms with Gasteiger partial charge in [-0.1, -0.05) is 24.3 Å². The van der Waals surface area contributed by atoms with Gasteiger partial charge in [0.2, 0.25) is 12.7 Å². The standard InChI is InChI=1S/C21H18N4O5/c1-21(14-7-8-16-17(11-14)30-13-29-16)19(27)25(20(28)23-21)12-18(26)24(10-9-22)15-5-3-2-4-6-15/h2-8,11H,10,12-13H2,1H3,(H,23,28). The summed E-state index contributed by atoms with van der Waals surface area (Å²) in [7, 11) is 0. The highest BCUT2D eigenvalue weighted by Gasteiger charge is 2.50. The number of carbonyl (C=O) groups excluding carboxylic acids is 3. The lowest BCUT2D eigenvalue weighted by Crippen LogP contribution is -2.44. The number of rotatable bonds is 5. The summed E-state index contributed by atoms with van der Waals surface area (Å²) in [5.74, 6) is -0.0680. The molecule has 1 N–H and O–H groups in total. The molecular weight excluding hydrogens is 388 g/mol. The van der Waals surface area contributed by atoms with Crippen molar-refractivity contribution < 1.29 is 23.9 Å². The van der Waals surface area contributed by atoms with Crippen molar-refractivity contribution in [2.45, 2.75) is 12.5 Å². The molecule has 0 aromatic heterocycles. The molecule has 30 heavy (non-hydrogen) atoms. The molecule has 0 spiro atoms. The summed E-state index contributed by atoms with van der Waals surface area (Å²) >= 11 is 0. The Bertz CT molecular complexity index is 1060. The third-order valence-corrected chi connectivity index (χ3v) is 5.12. The second-order valence-corrected chi connectivity index (χ2v) is 6.99. The van der Waals surface area contributed by atoms with Crippen LogP contribution in [0.25, 0.3) is 0 Å². The quantitative estimate of drug-likeness (QED) is 0.598. The van der Waals surface area contributed by atoms with Gasteiger partial charge < -0.3 is 14.8 Å². The minimum atomic E-state index is -1.36. The van der Waals surface area contributed by atoms with E-state index in [0.29, 0.717) is 22.7 Å². The molecule has 0 aliphatic carbocycles. The number of amides is 4. The fraction of sp³-hybridized carbons (Fsp3) is 0.238. The average Bonchev–Trinajstić information content (AvgIpc) is 3.31. The van der Waals surface area contributed by atoms with Crippen molar-refractivity contribution in [3.63, 3.8) is 0 Å². The molecule has 2 aromatic rings. The molecule has 0 bridgehead atoms. The summed E-state index contributed by atoms with van der Waals surface area (Å²) in [5, 5.41) is 11.8. The number of nitriles is 1. The number of imide groups is 1. The number of nitrogens with zero attached hydrogens (tertiary/aromatic N) is 3. The molecule has 0 saturated carbocycles. The minimum Gasteiger partial charge on any atom is -0.454 e. The monoisotopic (exact) mass is 406 g/mol. The van der Waals surface area contributed by atoms with Crippen LogP contribution in [0.15, 0.2) is 48.5 Å². The van der Waals surface area contributed by atoms with Crippen LogP contribution >= 0.6 is 0 Å². The van der Waals surface area contributed by atoms with Crippen LogP contribution in [0.4, 0.5) is 10.5 Å². The Morgan fingerprint density at radius 3 is 2.67 bits per heavy atom. The Morgan fingerprint density at radius 1 is 1.20 bits per heavy atom. The Morgan fingerprint density at radius 2 is 1.93 bits per heavy atom. The van der Waals surface area contributed by atoms with Crippen LogP contribution in [0.5, 0.6) is 11.5 Å². The van der Waals surface area contributed by atoms with Gasteiger partial charge in [-0.05, 0) is 36.8 Å². The number of benzene rings is 2. The molecule has 152 valence electrons. The first kappa shape index (κ1) is 19.3. The summed E-state index contributed by atoms with van der Waals surface area (Å²) < 4.78 is 10.6. The number of ether oxygens (including phenoxy) is 2. The molecule has 1 atom stereocenters. The molecule has 9 nitrogen and oxygen atoms in total. The molecule has 2 heterocycles. The second kappa shape index (κ2) is 7.40. The normalized spacial score (nSPS) is 19.4. The summed E-state index contributed by atoms with van der Waals surface area (Å²) in [4.78, 5) is 40.6. The Balaban J connectivity index is 1.57. The molecule has 0 radical (unpaired) electrons. The largest absolute Gasteiger partial charge is 0.454 e. The highest BCUT2D eigenvalue weighted by atomic mass is 16.7. The third kappa shape index (κ3) is 3.18. The Labute approximate surface area is 172 Å². The zero-order valence-corrected chi connectivity index (χ0v) is 16.1. The molecular formula is C21H18N4O5. The van der Waals surface area contributed by atoms with E-state index in [4.69, 9.17) is 14.7 Å². The maximum absolute atomic E-state index is 13.1. The molecule has 1 unspecified atom stereocenters. The van der Waals surface area contributed by atoms with Gasteiger partial charge in [-0.2, -0.15) is 5.26 Å². The lowest BCUT2D eigenvalue weighted by atomic mass is 9.91. The van der Waals surface area contributed by atoms with Crippen LogP contribution < -0.4 is 19.7 Å². The minimum absolute atomic E-state index is 0.0879. The maximum Gasteiger partial charge on any atom is 0.325 e. The highest BCUT2D eigenvalue weighted by Crippen LogP contribution is 2.37. The van der Waals surface area contributed by atoms with Gasteiger partial charge in [0, 0.05) is 5.69 Å². The number of fused-ring (bicyclic) bond motifs is 1. The number of para-hydroxylation sites is 1. The van der Waals surface area contributed by atoms with Crippen LogP contribution in [-0.2, 0) is 15.1 Å². The van der Waals surface area contributed by atoms with Gasteiger partial charge in [0.25, 0.3) is 5.91 Å². The summed E-state index contributed by atoms with van der Waals surface area (Å²) in [6, 6.07) is 14.8. The first-order valence-corrected chi connectivity index (χ1v) is 9.20. The zero-order valence-electron chi connectivity index (χ0n) is 16.1. The topological polar surface area (TPSA) is 112 Å². The molecule has 2 aromatic carbocycles. The van der Waals surface area contributed by atoms with Gasteiger partial charge in [-0.15, -0.1) is 0 Å². The molecule has 1 fully saturated rings. The molecule has 9 heteroatoms. The maximum atomic E-state index is 13.1. The van der Waals surface area contributed by atoms with Crippen molar-refractivity contribution in [2.75, 3.05) is 24.8 Å². The zero-order chi connectivity index (χ0) is 21.3. The van der Waals surface area contributed by atoms with Crippen LogP contribution in [0.1, 0.15) is 12.5 Å². The third-order valence-electron chi connectivity index (χ3n) is 5.12. The van der Waals surface area contributed by atoms with E-state index < -0.39 is 29.9 Å². The van der Waals surface area contributed by atoms with E-state index in [2.05, 4.69) is 5.32 Å². The lowest BCUT2D eigenvalue weighted by molar-refractivity contribution is -0.134. The van der Waals surface area contributed by atoms with Crippen molar-refractivity contribution in [3.8, 4) is 17.6 Å². The Hall–Kier alpha value is -4.06. The number of hydrogen-bond acceptors (Lipinski definition) is 6. The van der Waals surface area contributed by atoms with Gasteiger partial charge in [0.1, 0.15) is 18.6 Å². The highest BCUT2D eigenvalue weighted by molar-refractivity contribution is 6.10. The van der Waals surface area contributed by atoms with Crippen molar-refractivity contribution in [1.29, 1.82) is 5.26 Å². The van der Waals surface area contributed by atoms with E-state index in [0.717, 1.165) is 4.90 Å². The van der Waals surface area contributed by atoms with E-state index in [1.807, 2.05) is 6.07 Å². The van der Waals surface area contributed by atoms with E-state index >= 15 is 0 Å². The van der Waals surface area contributed by atoms with Crippen LogP contribution in [0, 0.1) is 11.3 Å². The van der Waals surface area contributed by atoms with Gasteiger partial charge in [-0.3, -0.25) is 19.4 Å². The summed E-state index contributed by atoms with van der Waals surface area (Å²) in [6.07, 6.45) is 0. The van der Waals surface area contributed by atoms with Gasteiger partial charge in [0.15, 0.2) is 11.5 Å². The van der Waals surface area contributed by atoms with Crippen molar-refractivity contribution >= 4 is 23.5 Å². The molecule has 4 amide bonds. The van der Waals surface area contributed by atoms with Gasteiger partial charge in [0.05, 0.1) is 6.07 Å². The SMILES string of the molecule is CC1(c2ccc3c(c2)OCO3)NC(=O)N(CC(=O)N(CC#N)c2ccccc2)C1=O. The van der Waals surface area contributed by atoms with Crippen LogP contribution in [0.3, 0.4) is 0 Å².